The third kappa shape index (κ3) is 1.96. The van der Waals surface area contributed by atoms with Crippen LogP contribution in [0.15, 0.2) is 48.5 Å². The quantitative estimate of drug-likeness (QED) is 0.637. The van der Waals surface area contributed by atoms with Crippen molar-refractivity contribution in [2.45, 2.75) is 38.1 Å². The zero-order valence-electron chi connectivity index (χ0n) is 12.5. The van der Waals surface area contributed by atoms with Gasteiger partial charge >= 0.3 is 0 Å². The molecule has 0 spiro atoms. The topological polar surface area (TPSA) is 26.0 Å². The van der Waals surface area contributed by atoms with Crippen LogP contribution in [0.25, 0.3) is 21.5 Å². The number of hydrogen-bond donors (Lipinski definition) is 1. The summed E-state index contributed by atoms with van der Waals surface area (Å²) in [5.74, 6) is 0.499. The molecular weight excluding hydrogens is 254 g/mol. The molecular formula is C20H21N. The number of rotatable bonds is 1. The Labute approximate surface area is 125 Å². The van der Waals surface area contributed by atoms with Crippen LogP contribution in [0, 0.1) is 0 Å². The highest BCUT2D eigenvalue weighted by atomic mass is 14.6. The van der Waals surface area contributed by atoms with Crippen molar-refractivity contribution < 1.29 is 0 Å². The van der Waals surface area contributed by atoms with Gasteiger partial charge < -0.3 is 5.73 Å². The van der Waals surface area contributed by atoms with Crippen molar-refractivity contribution in [3.8, 4) is 0 Å². The standard InChI is InChI=1S/C20H21N/c1-13(21)16-8-4-6-15-10-11-18-17-7-3-2-5-14(17)9-12-19(18)20(15)16/h2-3,5,7,9-13,16H,4,6,8,21H2,1H3. The van der Waals surface area contributed by atoms with Crippen molar-refractivity contribution in [1.29, 1.82) is 0 Å². The molecule has 106 valence electrons. The molecule has 0 saturated carbocycles. The highest BCUT2D eigenvalue weighted by Crippen LogP contribution is 2.40. The third-order valence-corrected chi connectivity index (χ3v) is 5.02. The Morgan fingerprint density at radius 2 is 1.76 bits per heavy atom. The van der Waals surface area contributed by atoms with Gasteiger partial charge in [0.15, 0.2) is 0 Å². The molecule has 1 aliphatic rings. The van der Waals surface area contributed by atoms with Crippen molar-refractivity contribution in [3.63, 3.8) is 0 Å². The van der Waals surface area contributed by atoms with Gasteiger partial charge in [-0.15, -0.1) is 0 Å². The molecule has 2 N–H and O–H groups in total. The maximum atomic E-state index is 6.29. The highest BCUT2D eigenvalue weighted by molar-refractivity contribution is 6.08. The van der Waals surface area contributed by atoms with E-state index in [0.29, 0.717) is 5.92 Å². The van der Waals surface area contributed by atoms with E-state index in [1.165, 1.54) is 51.9 Å². The van der Waals surface area contributed by atoms with Crippen LogP contribution in [0.2, 0.25) is 0 Å². The molecule has 0 radical (unpaired) electrons. The van der Waals surface area contributed by atoms with Gasteiger partial charge in [-0.1, -0.05) is 48.5 Å². The molecule has 0 heterocycles. The summed E-state index contributed by atoms with van der Waals surface area (Å²) in [6.45, 7) is 2.15. The first-order chi connectivity index (χ1) is 10.3. The van der Waals surface area contributed by atoms with Crippen LogP contribution in [-0.2, 0) is 6.42 Å². The van der Waals surface area contributed by atoms with Crippen molar-refractivity contribution in [2.75, 3.05) is 0 Å². The summed E-state index contributed by atoms with van der Waals surface area (Å²) in [4.78, 5) is 0. The van der Waals surface area contributed by atoms with Crippen LogP contribution in [-0.4, -0.2) is 6.04 Å². The van der Waals surface area contributed by atoms with Crippen LogP contribution in [0.1, 0.15) is 36.8 Å². The van der Waals surface area contributed by atoms with Crippen LogP contribution in [0.5, 0.6) is 0 Å². The molecule has 2 atom stereocenters. The molecule has 1 heteroatoms. The second-order valence-corrected chi connectivity index (χ2v) is 6.38. The fraction of sp³-hybridized carbons (Fsp3) is 0.300. The maximum Gasteiger partial charge on any atom is 0.00796 e. The van der Waals surface area contributed by atoms with E-state index >= 15 is 0 Å². The molecule has 0 saturated heterocycles. The molecule has 4 rings (SSSR count). The van der Waals surface area contributed by atoms with Crippen LogP contribution >= 0.6 is 0 Å². The average molecular weight is 275 g/mol. The minimum absolute atomic E-state index is 0.223. The van der Waals surface area contributed by atoms with Crippen LogP contribution < -0.4 is 5.73 Å². The minimum Gasteiger partial charge on any atom is -0.327 e. The first-order valence-corrected chi connectivity index (χ1v) is 7.94. The summed E-state index contributed by atoms with van der Waals surface area (Å²) >= 11 is 0. The largest absolute Gasteiger partial charge is 0.327 e. The zero-order chi connectivity index (χ0) is 14.4. The molecule has 3 aromatic carbocycles. The second-order valence-electron chi connectivity index (χ2n) is 6.38. The van der Waals surface area contributed by atoms with E-state index in [1.54, 1.807) is 0 Å². The third-order valence-electron chi connectivity index (χ3n) is 5.02. The first kappa shape index (κ1) is 12.8. The van der Waals surface area contributed by atoms with Crippen LogP contribution in [0.4, 0.5) is 0 Å². The van der Waals surface area contributed by atoms with E-state index in [9.17, 15) is 0 Å². The normalized spacial score (nSPS) is 19.6. The summed E-state index contributed by atoms with van der Waals surface area (Å²) in [7, 11) is 0. The van der Waals surface area contributed by atoms with Crippen LogP contribution in [0.3, 0.4) is 0 Å². The predicted octanol–water partition coefficient (Wildman–Crippen LogP) is 4.76. The van der Waals surface area contributed by atoms with Gasteiger partial charge in [0.25, 0.3) is 0 Å². The molecule has 0 amide bonds. The molecule has 2 unspecified atom stereocenters. The van der Waals surface area contributed by atoms with Gasteiger partial charge in [0.1, 0.15) is 0 Å². The lowest BCUT2D eigenvalue weighted by molar-refractivity contribution is 0.488. The van der Waals surface area contributed by atoms with Crippen molar-refractivity contribution in [2.24, 2.45) is 5.73 Å². The van der Waals surface area contributed by atoms with Gasteiger partial charge in [-0.3, -0.25) is 0 Å². The lowest BCUT2D eigenvalue weighted by atomic mass is 9.76. The number of hydrogen-bond acceptors (Lipinski definition) is 1. The van der Waals surface area contributed by atoms with Gasteiger partial charge in [0.2, 0.25) is 0 Å². The minimum atomic E-state index is 0.223. The van der Waals surface area contributed by atoms with E-state index in [0.717, 1.165) is 0 Å². The number of benzene rings is 3. The smallest absolute Gasteiger partial charge is 0.00796 e. The molecule has 0 aliphatic heterocycles. The fourth-order valence-electron chi connectivity index (χ4n) is 4.00. The predicted molar refractivity (Wildman–Crippen MR) is 90.8 cm³/mol. The zero-order valence-corrected chi connectivity index (χ0v) is 12.5. The summed E-state index contributed by atoms with van der Waals surface area (Å²) in [6, 6.07) is 18.1. The lowest BCUT2D eigenvalue weighted by Gasteiger charge is -2.30. The molecule has 0 fully saturated rings. The Balaban J connectivity index is 2.09. The Kier molecular flexibility index (Phi) is 2.97. The molecule has 0 bridgehead atoms. The SMILES string of the molecule is CC(N)C1CCCc2ccc3c(ccc4ccccc43)c21. The lowest BCUT2D eigenvalue weighted by Crippen LogP contribution is -2.28. The molecule has 1 aliphatic carbocycles. The Bertz CT molecular complexity index is 817. The number of aryl methyl sites for hydroxylation is 1. The van der Waals surface area contributed by atoms with Gasteiger partial charge in [0.05, 0.1) is 0 Å². The fourth-order valence-corrected chi connectivity index (χ4v) is 4.00. The summed E-state index contributed by atoms with van der Waals surface area (Å²) in [5, 5.41) is 5.46. The summed E-state index contributed by atoms with van der Waals surface area (Å²) in [6.07, 6.45) is 3.68. The van der Waals surface area contributed by atoms with Crippen molar-refractivity contribution in [3.05, 3.63) is 59.7 Å². The van der Waals surface area contributed by atoms with Crippen molar-refractivity contribution >= 4 is 21.5 Å². The molecule has 1 nitrogen and oxygen atoms in total. The van der Waals surface area contributed by atoms with E-state index < -0.39 is 0 Å². The first-order valence-electron chi connectivity index (χ1n) is 7.94. The maximum absolute atomic E-state index is 6.29. The van der Waals surface area contributed by atoms with Gasteiger partial charge in [-0.25, -0.2) is 0 Å². The Morgan fingerprint density at radius 1 is 0.952 bits per heavy atom. The average Bonchev–Trinajstić information content (AvgIpc) is 2.53. The highest BCUT2D eigenvalue weighted by Gasteiger charge is 2.25. The van der Waals surface area contributed by atoms with E-state index in [-0.39, 0.29) is 6.04 Å². The van der Waals surface area contributed by atoms with Gasteiger partial charge in [0, 0.05) is 6.04 Å². The Hall–Kier alpha value is -1.86. The van der Waals surface area contributed by atoms with E-state index in [1.807, 2.05) is 0 Å². The molecule has 21 heavy (non-hydrogen) atoms. The Morgan fingerprint density at radius 3 is 2.62 bits per heavy atom. The second kappa shape index (κ2) is 4.85. The number of fused-ring (bicyclic) bond motifs is 5. The van der Waals surface area contributed by atoms with Gasteiger partial charge in [-0.05, 0) is 64.8 Å². The summed E-state index contributed by atoms with van der Waals surface area (Å²) in [5.41, 5.74) is 9.30. The van der Waals surface area contributed by atoms with Gasteiger partial charge in [-0.2, -0.15) is 0 Å². The number of nitrogens with two attached hydrogens (primary N) is 1. The van der Waals surface area contributed by atoms with E-state index in [4.69, 9.17) is 5.73 Å². The van der Waals surface area contributed by atoms with Crippen molar-refractivity contribution in [1.82, 2.24) is 0 Å². The monoisotopic (exact) mass is 275 g/mol. The van der Waals surface area contributed by atoms with E-state index in [2.05, 4.69) is 55.5 Å². The molecule has 0 aromatic heterocycles. The molecule has 3 aromatic rings. The summed E-state index contributed by atoms with van der Waals surface area (Å²) < 4.78 is 0.